The van der Waals surface area contributed by atoms with E-state index in [2.05, 4.69) is 52.1 Å². The first kappa shape index (κ1) is 31.2. The maximum Gasteiger partial charge on any atom is 0.410 e. The van der Waals surface area contributed by atoms with E-state index in [0.29, 0.717) is 44.8 Å². The predicted octanol–water partition coefficient (Wildman–Crippen LogP) is 5.66. The van der Waals surface area contributed by atoms with Crippen LogP contribution in [-0.4, -0.2) is 89.9 Å². The highest BCUT2D eigenvalue weighted by Crippen LogP contribution is 2.37. The Bertz CT molecular complexity index is 1600. The van der Waals surface area contributed by atoms with Gasteiger partial charge < -0.3 is 29.1 Å². The van der Waals surface area contributed by atoms with Crippen LogP contribution in [0.15, 0.2) is 36.4 Å². The molecule has 0 radical (unpaired) electrons. The number of halogens is 1. The minimum atomic E-state index is -0.614. The maximum atomic E-state index is 13.1. The lowest BCUT2D eigenvalue weighted by Gasteiger charge is -2.42. The van der Waals surface area contributed by atoms with Gasteiger partial charge in [0.1, 0.15) is 18.0 Å². The second-order valence-corrected chi connectivity index (χ2v) is 13.7. The van der Waals surface area contributed by atoms with Gasteiger partial charge in [-0.1, -0.05) is 35.9 Å². The van der Waals surface area contributed by atoms with Gasteiger partial charge in [-0.05, 0) is 71.1 Å². The summed E-state index contributed by atoms with van der Waals surface area (Å²) in [6.07, 6.45) is 2.81. The number of hydrogen-bond donors (Lipinski definition) is 0. The Morgan fingerprint density at radius 1 is 1.07 bits per heavy atom. The van der Waals surface area contributed by atoms with Gasteiger partial charge in [-0.3, -0.25) is 0 Å². The molecule has 11 heteroatoms. The number of piperazine rings is 1. The molecule has 1 aromatic heterocycles. The number of nitrogens with zero attached hydrogens (tertiary/aromatic N) is 7. The number of hydrogen-bond acceptors (Lipinski definition) is 9. The van der Waals surface area contributed by atoms with Crippen molar-refractivity contribution in [3.63, 3.8) is 0 Å². The summed E-state index contributed by atoms with van der Waals surface area (Å²) >= 11 is 6.71. The summed E-state index contributed by atoms with van der Waals surface area (Å²) in [6, 6.07) is 14.9. The van der Waals surface area contributed by atoms with Crippen LogP contribution in [0.1, 0.15) is 51.3 Å². The third-order valence-electron chi connectivity index (χ3n) is 9.01. The molecule has 0 saturated carbocycles. The summed E-state index contributed by atoms with van der Waals surface area (Å²) < 4.78 is 12.0. The Morgan fingerprint density at radius 3 is 2.60 bits per heavy atom. The van der Waals surface area contributed by atoms with Crippen molar-refractivity contribution in [1.82, 2.24) is 19.8 Å². The molecular weight excluding hydrogens is 590 g/mol. The fraction of sp³-hybridized carbons (Fsp3) is 0.529. The monoisotopic (exact) mass is 631 g/mol. The maximum absolute atomic E-state index is 13.1. The largest absolute Gasteiger partial charge is 0.462 e. The van der Waals surface area contributed by atoms with Crippen LogP contribution in [-0.2, 0) is 17.7 Å². The lowest BCUT2D eigenvalue weighted by Crippen LogP contribution is -2.56. The molecule has 45 heavy (non-hydrogen) atoms. The van der Waals surface area contributed by atoms with E-state index < -0.39 is 5.60 Å². The Hall–Kier alpha value is -3.81. The van der Waals surface area contributed by atoms with E-state index in [4.69, 9.17) is 31.0 Å². The lowest BCUT2D eigenvalue weighted by atomic mass is 10.0. The molecule has 6 rings (SSSR count). The number of nitriles is 1. The zero-order valence-electron chi connectivity index (χ0n) is 26.6. The summed E-state index contributed by atoms with van der Waals surface area (Å²) in [5.74, 6) is 0.831. The molecule has 3 aliphatic heterocycles. The Kier molecular flexibility index (Phi) is 8.94. The van der Waals surface area contributed by atoms with E-state index in [1.807, 2.05) is 32.9 Å². The molecule has 1 unspecified atom stereocenters. The van der Waals surface area contributed by atoms with E-state index in [1.165, 1.54) is 0 Å². The number of rotatable bonds is 6. The third kappa shape index (κ3) is 6.75. The van der Waals surface area contributed by atoms with Crippen molar-refractivity contribution >= 4 is 40.0 Å². The standard InChI is InChI=1S/C34H42ClN7O3/c1-34(2,3)45-33(43)42-19-18-41(20-24(42)13-15-36)31-26-14-17-40(29-12-6-9-23-8-5-11-27(35)30(23)29)21-28(26)37-32(38-31)44-22-25-10-7-16-39(25)4/h5-6,8-9,11-12,24-25H,7,10,13-14,16-22H2,1-4H3/t24?,25-/m0/s1. The van der Waals surface area contributed by atoms with Gasteiger partial charge in [0, 0.05) is 48.9 Å². The molecular formula is C34H42ClN7O3. The van der Waals surface area contributed by atoms with Crippen LogP contribution in [0.5, 0.6) is 6.01 Å². The van der Waals surface area contributed by atoms with Crippen LogP contribution in [0.3, 0.4) is 0 Å². The average Bonchev–Trinajstić information content (AvgIpc) is 3.42. The molecule has 3 aliphatic rings. The second kappa shape index (κ2) is 12.9. The van der Waals surface area contributed by atoms with Crippen molar-refractivity contribution < 1.29 is 14.3 Å². The predicted molar refractivity (Wildman–Crippen MR) is 176 cm³/mol. The fourth-order valence-electron chi connectivity index (χ4n) is 6.71. The van der Waals surface area contributed by atoms with Crippen LogP contribution in [0.4, 0.5) is 16.3 Å². The quantitative estimate of drug-likeness (QED) is 0.341. The molecule has 0 N–H and O–H groups in total. The first-order chi connectivity index (χ1) is 21.6. The van der Waals surface area contributed by atoms with E-state index in [-0.39, 0.29) is 18.6 Å². The zero-order chi connectivity index (χ0) is 31.7. The number of carbonyl (C=O) groups is 1. The van der Waals surface area contributed by atoms with Crippen molar-refractivity contribution in [2.45, 2.75) is 70.7 Å². The summed E-state index contributed by atoms with van der Waals surface area (Å²) in [4.78, 5) is 31.6. The van der Waals surface area contributed by atoms with Crippen LogP contribution in [0, 0.1) is 11.3 Å². The third-order valence-corrected chi connectivity index (χ3v) is 9.32. The number of aromatic nitrogens is 2. The minimum Gasteiger partial charge on any atom is -0.462 e. The molecule has 0 spiro atoms. The smallest absolute Gasteiger partial charge is 0.410 e. The number of benzene rings is 2. The number of likely N-dealkylation sites (N-methyl/N-ethyl adjacent to an activating group) is 1. The second-order valence-electron chi connectivity index (χ2n) is 13.3. The van der Waals surface area contributed by atoms with Crippen molar-refractivity contribution in [3.05, 3.63) is 52.7 Å². The molecule has 238 valence electrons. The highest BCUT2D eigenvalue weighted by Gasteiger charge is 2.36. The highest BCUT2D eigenvalue weighted by atomic mass is 35.5. The van der Waals surface area contributed by atoms with Gasteiger partial charge in [0.25, 0.3) is 0 Å². The van der Waals surface area contributed by atoms with Gasteiger partial charge >= 0.3 is 12.1 Å². The fourth-order valence-corrected chi connectivity index (χ4v) is 6.99. The Labute approximate surface area is 270 Å². The average molecular weight is 632 g/mol. The molecule has 0 aliphatic carbocycles. The van der Waals surface area contributed by atoms with Crippen LogP contribution in [0.2, 0.25) is 5.02 Å². The van der Waals surface area contributed by atoms with Crippen molar-refractivity contribution in [2.24, 2.45) is 0 Å². The molecule has 0 bridgehead atoms. The SMILES string of the molecule is CN1CCC[C@H]1COc1nc2c(c(N3CCN(C(=O)OC(C)(C)C)C(CC#N)C3)n1)CCN(c1cccc3cccc(Cl)c13)C2. The summed E-state index contributed by atoms with van der Waals surface area (Å²) in [5, 5.41) is 12.5. The van der Waals surface area contributed by atoms with Crippen molar-refractivity contribution in [1.29, 1.82) is 5.26 Å². The number of likely N-dealkylation sites (tertiary alicyclic amines) is 1. The molecule has 1 amide bonds. The molecule has 3 aromatic rings. The van der Waals surface area contributed by atoms with E-state index in [1.54, 1.807) is 4.90 Å². The van der Waals surface area contributed by atoms with Gasteiger partial charge in [-0.2, -0.15) is 15.2 Å². The van der Waals surface area contributed by atoms with Gasteiger partial charge in [-0.25, -0.2) is 4.79 Å². The van der Waals surface area contributed by atoms with Crippen LogP contribution >= 0.6 is 11.6 Å². The molecule has 2 atom stereocenters. The van der Waals surface area contributed by atoms with E-state index in [9.17, 15) is 10.1 Å². The Balaban J connectivity index is 1.32. The van der Waals surface area contributed by atoms with Crippen LogP contribution in [0.25, 0.3) is 10.8 Å². The first-order valence-corrected chi connectivity index (χ1v) is 16.3. The number of fused-ring (bicyclic) bond motifs is 2. The summed E-state index contributed by atoms with van der Waals surface area (Å²) in [6.45, 7) is 10.0. The van der Waals surface area contributed by atoms with E-state index in [0.717, 1.165) is 70.9 Å². The van der Waals surface area contributed by atoms with Gasteiger partial charge in [0.15, 0.2) is 0 Å². The number of ether oxygens (including phenoxy) is 2. The summed E-state index contributed by atoms with van der Waals surface area (Å²) in [5.41, 5.74) is 2.48. The van der Waals surface area contributed by atoms with Gasteiger partial charge in [0.2, 0.25) is 0 Å². The topological polar surface area (TPSA) is 98.1 Å². The Morgan fingerprint density at radius 2 is 1.87 bits per heavy atom. The van der Waals surface area contributed by atoms with E-state index >= 15 is 0 Å². The highest BCUT2D eigenvalue weighted by molar-refractivity contribution is 6.36. The lowest BCUT2D eigenvalue weighted by molar-refractivity contribution is 0.0144. The number of amides is 1. The van der Waals surface area contributed by atoms with Gasteiger partial charge in [0.05, 0.1) is 35.8 Å². The van der Waals surface area contributed by atoms with Crippen LogP contribution < -0.4 is 14.5 Å². The normalized spacial score (nSPS) is 20.7. The molecule has 4 heterocycles. The number of carbonyl (C=O) groups excluding carboxylic acids is 1. The van der Waals surface area contributed by atoms with Crippen molar-refractivity contribution in [3.8, 4) is 12.1 Å². The van der Waals surface area contributed by atoms with Gasteiger partial charge in [-0.15, -0.1) is 0 Å². The summed E-state index contributed by atoms with van der Waals surface area (Å²) in [7, 11) is 2.13. The zero-order valence-corrected chi connectivity index (χ0v) is 27.4. The minimum absolute atomic E-state index is 0.204. The molecule has 2 aromatic carbocycles. The van der Waals surface area contributed by atoms with Crippen molar-refractivity contribution in [2.75, 3.05) is 56.2 Å². The molecule has 2 fully saturated rings. The first-order valence-electron chi connectivity index (χ1n) is 15.9. The molecule has 10 nitrogen and oxygen atoms in total. The number of anilines is 2. The molecule has 2 saturated heterocycles.